The smallest absolute Gasteiger partial charge is 0.100 e. The van der Waals surface area contributed by atoms with Crippen molar-refractivity contribution in [3.63, 3.8) is 0 Å². The predicted molar refractivity (Wildman–Crippen MR) is 23.8 cm³/mol. The molecule has 0 saturated heterocycles. The minimum atomic E-state index is -0.954. The Kier molecular flexibility index (Phi) is 8.31. The van der Waals surface area contributed by atoms with Crippen molar-refractivity contribution in [2.75, 3.05) is 13.2 Å². The summed E-state index contributed by atoms with van der Waals surface area (Å²) in [6.07, 6.45) is -0.954. The van der Waals surface area contributed by atoms with Gasteiger partial charge in [0.05, 0.1) is 13.2 Å². The molecule has 4 nitrogen and oxygen atoms in total. The summed E-state index contributed by atoms with van der Waals surface area (Å²) in [6, 6.07) is 0. The molecule has 0 rings (SSSR count). The van der Waals surface area contributed by atoms with Crippen molar-refractivity contribution in [1.82, 2.24) is 0 Å². The van der Waals surface area contributed by atoms with Gasteiger partial charge in [0, 0.05) is 0 Å². The van der Waals surface area contributed by atoms with E-state index in [0.717, 1.165) is 0 Å². The Morgan fingerprint density at radius 1 is 1.14 bits per heavy atom. The van der Waals surface area contributed by atoms with Crippen LogP contribution in [0.3, 0.4) is 0 Å². The van der Waals surface area contributed by atoms with E-state index in [2.05, 4.69) is 0 Å². The van der Waals surface area contributed by atoms with Crippen LogP contribution in [0.1, 0.15) is 0 Å². The lowest BCUT2D eigenvalue weighted by molar-refractivity contribution is 0.0450. The van der Waals surface area contributed by atoms with E-state index in [1.807, 2.05) is 0 Å². The van der Waals surface area contributed by atoms with E-state index in [9.17, 15) is 0 Å². The molecule has 5 N–H and O–H groups in total. The van der Waals surface area contributed by atoms with Crippen molar-refractivity contribution in [1.29, 1.82) is 0 Å². The third kappa shape index (κ3) is 5.84. The summed E-state index contributed by atoms with van der Waals surface area (Å²) in [4.78, 5) is 0. The van der Waals surface area contributed by atoms with Crippen molar-refractivity contribution < 1.29 is 20.8 Å². The molecule has 0 amide bonds. The first-order chi connectivity index (χ1) is 2.81. The highest BCUT2D eigenvalue weighted by atomic mass is 16.3. The van der Waals surface area contributed by atoms with Gasteiger partial charge in [-0.2, -0.15) is 0 Å². The lowest BCUT2D eigenvalue weighted by atomic mass is 10.4. The van der Waals surface area contributed by atoms with Crippen LogP contribution in [0, 0.1) is 0 Å². The third-order valence-electron chi connectivity index (χ3n) is 0.421. The largest absolute Gasteiger partial charge is 0.412 e. The fraction of sp³-hybridized carbons (Fsp3) is 1.00. The SMILES string of the molecule is O.OCC(O)CO. The van der Waals surface area contributed by atoms with E-state index >= 15 is 0 Å². The minimum absolute atomic E-state index is 0. The van der Waals surface area contributed by atoms with Gasteiger partial charge >= 0.3 is 0 Å². The average Bonchev–Trinajstić information content (AvgIpc) is 1.65. The number of aliphatic hydroxyl groups is 3. The van der Waals surface area contributed by atoms with Crippen LogP contribution in [-0.2, 0) is 0 Å². The summed E-state index contributed by atoms with van der Waals surface area (Å²) in [7, 11) is 0. The summed E-state index contributed by atoms with van der Waals surface area (Å²) in [6.45, 7) is -0.729. The molecule has 0 aliphatic carbocycles. The zero-order valence-electron chi connectivity index (χ0n) is 3.83. The van der Waals surface area contributed by atoms with Crippen molar-refractivity contribution in [2.45, 2.75) is 6.10 Å². The zero-order chi connectivity index (χ0) is 4.99. The van der Waals surface area contributed by atoms with Crippen molar-refractivity contribution in [3.8, 4) is 0 Å². The molecule has 0 fully saturated rings. The Morgan fingerprint density at radius 2 is 1.43 bits per heavy atom. The van der Waals surface area contributed by atoms with Gasteiger partial charge in [-0.25, -0.2) is 0 Å². The van der Waals surface area contributed by atoms with Gasteiger partial charge < -0.3 is 20.8 Å². The summed E-state index contributed by atoms with van der Waals surface area (Å²) in [5.74, 6) is 0. The summed E-state index contributed by atoms with van der Waals surface area (Å²) < 4.78 is 0. The predicted octanol–water partition coefficient (Wildman–Crippen LogP) is -2.49. The Morgan fingerprint density at radius 3 is 1.43 bits per heavy atom. The van der Waals surface area contributed by atoms with Crippen LogP contribution in [0.15, 0.2) is 0 Å². The number of hydrogen-bond acceptors (Lipinski definition) is 3. The fourth-order valence-electron chi connectivity index (χ4n) is 0.0577. The maximum absolute atomic E-state index is 8.17. The first kappa shape index (κ1) is 9.96. The average molecular weight is 110 g/mol. The van der Waals surface area contributed by atoms with E-state index < -0.39 is 6.10 Å². The van der Waals surface area contributed by atoms with Crippen LogP contribution in [0.5, 0.6) is 0 Å². The molecule has 0 bridgehead atoms. The monoisotopic (exact) mass is 110 g/mol. The number of aliphatic hydroxyl groups excluding tert-OH is 3. The van der Waals surface area contributed by atoms with Crippen molar-refractivity contribution in [3.05, 3.63) is 0 Å². The molecule has 0 unspecified atom stereocenters. The van der Waals surface area contributed by atoms with Gasteiger partial charge in [0.2, 0.25) is 0 Å². The standard InChI is InChI=1S/C3H8O3.H2O/c4-1-3(6)2-5;/h3-6H,1-2H2;1H2. The molecule has 46 valence electrons. The Hall–Kier alpha value is -0.160. The van der Waals surface area contributed by atoms with Crippen LogP contribution in [0.2, 0.25) is 0 Å². The Bertz CT molecular complexity index is 26.1. The molecule has 0 atom stereocenters. The molecule has 0 heterocycles. The normalized spacial score (nSPS) is 8.57. The molecular weight excluding hydrogens is 100 g/mol. The van der Waals surface area contributed by atoms with Crippen molar-refractivity contribution in [2.24, 2.45) is 0 Å². The fourth-order valence-corrected chi connectivity index (χ4v) is 0.0577. The maximum atomic E-state index is 8.17. The topological polar surface area (TPSA) is 92.2 Å². The van der Waals surface area contributed by atoms with Crippen LogP contribution in [-0.4, -0.2) is 40.1 Å². The van der Waals surface area contributed by atoms with Crippen LogP contribution in [0.25, 0.3) is 0 Å². The van der Waals surface area contributed by atoms with E-state index in [0.29, 0.717) is 0 Å². The molecule has 4 heteroatoms. The van der Waals surface area contributed by atoms with Gasteiger partial charge in [-0.3, -0.25) is 0 Å². The highest BCUT2D eigenvalue weighted by Crippen LogP contribution is 1.71. The molecule has 0 aliphatic rings. The van der Waals surface area contributed by atoms with Crippen LogP contribution >= 0.6 is 0 Å². The summed E-state index contributed by atoms with van der Waals surface area (Å²) in [5.41, 5.74) is 0. The van der Waals surface area contributed by atoms with Gasteiger partial charge in [-0.05, 0) is 0 Å². The number of rotatable bonds is 2. The van der Waals surface area contributed by atoms with Crippen LogP contribution < -0.4 is 0 Å². The second kappa shape index (κ2) is 5.84. The lowest BCUT2D eigenvalue weighted by Crippen LogP contribution is -2.15. The van der Waals surface area contributed by atoms with Gasteiger partial charge in [-0.1, -0.05) is 0 Å². The van der Waals surface area contributed by atoms with Crippen molar-refractivity contribution >= 4 is 0 Å². The quantitative estimate of drug-likeness (QED) is 0.367. The molecule has 0 spiro atoms. The third-order valence-corrected chi connectivity index (χ3v) is 0.421. The molecule has 0 aromatic rings. The van der Waals surface area contributed by atoms with Gasteiger partial charge in [-0.15, -0.1) is 0 Å². The molecular formula is C3H10O4. The van der Waals surface area contributed by atoms with E-state index in [-0.39, 0.29) is 18.7 Å². The first-order valence-electron chi connectivity index (χ1n) is 1.71. The highest BCUT2D eigenvalue weighted by Gasteiger charge is 1.93. The van der Waals surface area contributed by atoms with Crippen LogP contribution in [0.4, 0.5) is 0 Å². The summed E-state index contributed by atoms with van der Waals surface area (Å²) >= 11 is 0. The maximum Gasteiger partial charge on any atom is 0.100 e. The van der Waals surface area contributed by atoms with Gasteiger partial charge in [0.25, 0.3) is 0 Å². The molecule has 0 radical (unpaired) electrons. The second-order valence-electron chi connectivity index (χ2n) is 1.02. The molecule has 0 aromatic heterocycles. The van der Waals surface area contributed by atoms with E-state index in [1.165, 1.54) is 0 Å². The molecule has 0 aromatic carbocycles. The highest BCUT2D eigenvalue weighted by molar-refractivity contribution is 4.43. The molecule has 0 aliphatic heterocycles. The van der Waals surface area contributed by atoms with Gasteiger partial charge in [0.1, 0.15) is 6.10 Å². The number of hydrogen-bond donors (Lipinski definition) is 3. The Balaban J connectivity index is 0. The van der Waals surface area contributed by atoms with Gasteiger partial charge in [0.15, 0.2) is 0 Å². The molecule has 7 heavy (non-hydrogen) atoms. The zero-order valence-corrected chi connectivity index (χ0v) is 3.83. The van der Waals surface area contributed by atoms with E-state index in [1.54, 1.807) is 0 Å². The van der Waals surface area contributed by atoms with E-state index in [4.69, 9.17) is 15.3 Å². The Labute approximate surface area is 41.3 Å². The lowest BCUT2D eigenvalue weighted by Gasteiger charge is -1.96. The second-order valence-corrected chi connectivity index (χ2v) is 1.02. The first-order valence-corrected chi connectivity index (χ1v) is 1.71. The summed E-state index contributed by atoms with van der Waals surface area (Å²) in [5, 5.41) is 24.0. The minimum Gasteiger partial charge on any atom is -0.412 e. The molecule has 0 saturated carbocycles.